The van der Waals surface area contributed by atoms with Crippen molar-refractivity contribution in [2.24, 2.45) is 0 Å². The van der Waals surface area contributed by atoms with E-state index in [0.717, 1.165) is 12.8 Å². The summed E-state index contributed by atoms with van der Waals surface area (Å²) >= 11 is 0. The molecule has 2 atom stereocenters. The fourth-order valence-corrected chi connectivity index (χ4v) is 6.76. The van der Waals surface area contributed by atoms with Crippen molar-refractivity contribution in [2.45, 2.75) is 148 Å². The summed E-state index contributed by atoms with van der Waals surface area (Å²) in [5.74, 6) is -0.347. The number of hydrogen-bond donors (Lipinski definition) is 1. The number of allylic oxidation sites excluding steroid dienone is 2. The minimum Gasteiger partial charge on any atom is -0.320 e. The maximum absolute atomic E-state index is 12.5. The monoisotopic (exact) mass is 502 g/mol. The van der Waals surface area contributed by atoms with Crippen LogP contribution in [-0.4, -0.2) is 42.9 Å². The number of nitrogens with zero attached hydrogens (tertiary/aromatic N) is 1. The lowest BCUT2D eigenvalue weighted by molar-refractivity contribution is -0.883. The van der Waals surface area contributed by atoms with E-state index in [4.69, 9.17) is 4.52 Å². The summed E-state index contributed by atoms with van der Waals surface area (Å²) in [6.07, 6.45) is 30.5. The molecule has 34 heavy (non-hydrogen) atoms. The van der Waals surface area contributed by atoms with Crippen molar-refractivity contribution in [3.63, 3.8) is 0 Å². The van der Waals surface area contributed by atoms with E-state index >= 15 is 0 Å². The number of rotatable bonds is 25. The Hall–Kier alpha value is -0.150. The number of quaternary nitrogens is 1. The molecule has 4 nitrogen and oxygen atoms in total. The van der Waals surface area contributed by atoms with Gasteiger partial charge in [0.1, 0.15) is 0 Å². The SMILES string of the molecule is CC=CCCCCCCCCCCCCCCCCCCCCOP(=O)(O)C(CC)[N+](C)(C)C. The van der Waals surface area contributed by atoms with Gasteiger partial charge in [-0.2, -0.15) is 0 Å². The van der Waals surface area contributed by atoms with Gasteiger partial charge in [-0.25, -0.2) is 0 Å². The van der Waals surface area contributed by atoms with Crippen molar-refractivity contribution in [2.75, 3.05) is 27.7 Å². The van der Waals surface area contributed by atoms with Crippen LogP contribution in [-0.2, 0) is 9.09 Å². The Balaban J connectivity index is 3.35. The Labute approximate surface area is 214 Å². The fourth-order valence-electron chi connectivity index (χ4n) is 4.86. The average molecular weight is 503 g/mol. The zero-order valence-electron chi connectivity index (χ0n) is 23.7. The summed E-state index contributed by atoms with van der Waals surface area (Å²) in [7, 11) is 2.32. The molecule has 0 bridgehead atoms. The Kier molecular flexibility index (Phi) is 22.0. The minimum absolute atomic E-state index is 0.347. The zero-order chi connectivity index (χ0) is 25.5. The Morgan fingerprint density at radius 1 is 0.706 bits per heavy atom. The van der Waals surface area contributed by atoms with Gasteiger partial charge in [-0.15, -0.1) is 0 Å². The lowest BCUT2D eigenvalue weighted by Gasteiger charge is -2.35. The highest BCUT2D eigenvalue weighted by Gasteiger charge is 2.41. The lowest BCUT2D eigenvalue weighted by atomic mass is 10.0. The molecule has 0 spiro atoms. The molecule has 0 aliphatic heterocycles. The smallest absolute Gasteiger partial charge is 0.320 e. The first-order valence-electron chi connectivity index (χ1n) is 14.6. The van der Waals surface area contributed by atoms with Gasteiger partial charge < -0.3 is 13.9 Å². The summed E-state index contributed by atoms with van der Waals surface area (Å²) in [6, 6.07) is 0. The lowest BCUT2D eigenvalue weighted by Crippen LogP contribution is -2.44. The van der Waals surface area contributed by atoms with Gasteiger partial charge in [-0.3, -0.25) is 4.57 Å². The highest BCUT2D eigenvalue weighted by molar-refractivity contribution is 7.53. The molecule has 0 heterocycles. The normalized spacial score (nSPS) is 15.1. The molecule has 5 heteroatoms. The van der Waals surface area contributed by atoms with Crippen molar-refractivity contribution >= 4 is 7.60 Å². The predicted octanol–water partition coefficient (Wildman–Crippen LogP) is 9.62. The predicted molar refractivity (Wildman–Crippen MR) is 150 cm³/mol. The molecule has 0 aromatic heterocycles. The fraction of sp³-hybridized carbons (Fsp3) is 0.931. The molecule has 0 aromatic carbocycles. The molecule has 0 radical (unpaired) electrons. The van der Waals surface area contributed by atoms with Crippen LogP contribution < -0.4 is 0 Å². The van der Waals surface area contributed by atoms with E-state index in [9.17, 15) is 9.46 Å². The van der Waals surface area contributed by atoms with Crippen molar-refractivity contribution in [1.82, 2.24) is 0 Å². The summed E-state index contributed by atoms with van der Waals surface area (Å²) in [5.41, 5.74) is 0. The molecule has 0 amide bonds. The second-order valence-corrected chi connectivity index (χ2v) is 13.1. The van der Waals surface area contributed by atoms with Crippen molar-refractivity contribution in [3.8, 4) is 0 Å². The quantitative estimate of drug-likeness (QED) is 0.0585. The van der Waals surface area contributed by atoms with Crippen LogP contribution in [0.3, 0.4) is 0 Å². The molecule has 204 valence electrons. The molecule has 0 aromatic rings. The van der Waals surface area contributed by atoms with Gasteiger partial charge in [0, 0.05) is 6.42 Å². The van der Waals surface area contributed by atoms with Crippen LogP contribution in [0.25, 0.3) is 0 Å². The molecule has 0 rings (SSSR count). The van der Waals surface area contributed by atoms with E-state index in [1.165, 1.54) is 109 Å². The van der Waals surface area contributed by atoms with Gasteiger partial charge in [0.25, 0.3) is 0 Å². The van der Waals surface area contributed by atoms with Crippen LogP contribution in [0.4, 0.5) is 0 Å². The Bertz CT molecular complexity index is 516. The van der Waals surface area contributed by atoms with Crippen molar-refractivity contribution in [3.05, 3.63) is 12.2 Å². The highest BCUT2D eigenvalue weighted by atomic mass is 31.2. The van der Waals surface area contributed by atoms with Crippen molar-refractivity contribution in [1.29, 1.82) is 0 Å². The first-order valence-corrected chi connectivity index (χ1v) is 16.3. The average Bonchev–Trinajstić information content (AvgIpc) is 2.76. The van der Waals surface area contributed by atoms with E-state index < -0.39 is 7.60 Å². The van der Waals surface area contributed by atoms with Crippen LogP contribution in [0.5, 0.6) is 0 Å². The molecule has 0 aliphatic rings. The third-order valence-electron chi connectivity index (χ3n) is 6.91. The van der Waals surface area contributed by atoms with Gasteiger partial charge in [-0.05, 0) is 26.2 Å². The Morgan fingerprint density at radius 3 is 1.38 bits per heavy atom. The molecule has 2 unspecified atom stereocenters. The maximum atomic E-state index is 12.5. The van der Waals surface area contributed by atoms with Crippen LogP contribution in [0.15, 0.2) is 12.2 Å². The van der Waals surface area contributed by atoms with E-state index in [2.05, 4.69) is 19.1 Å². The molecular weight excluding hydrogens is 441 g/mol. The molecule has 0 fully saturated rings. The van der Waals surface area contributed by atoms with E-state index in [-0.39, 0.29) is 5.78 Å². The van der Waals surface area contributed by atoms with Gasteiger partial charge >= 0.3 is 7.60 Å². The van der Waals surface area contributed by atoms with Crippen LogP contribution in [0, 0.1) is 0 Å². The van der Waals surface area contributed by atoms with Crippen LogP contribution >= 0.6 is 7.60 Å². The summed E-state index contributed by atoms with van der Waals surface area (Å²) in [4.78, 5) is 10.3. The van der Waals surface area contributed by atoms with E-state index in [1.807, 2.05) is 28.1 Å². The molecule has 0 aliphatic carbocycles. The summed E-state index contributed by atoms with van der Waals surface area (Å²) < 4.78 is 18.4. The number of unbranched alkanes of at least 4 members (excludes halogenated alkanes) is 18. The second kappa shape index (κ2) is 22.1. The molecular formula is C29H61NO3P+. The Morgan fingerprint density at radius 2 is 1.06 bits per heavy atom. The van der Waals surface area contributed by atoms with E-state index in [0.29, 0.717) is 17.5 Å². The molecule has 0 saturated heterocycles. The maximum Gasteiger partial charge on any atom is 0.385 e. The minimum atomic E-state index is -3.55. The standard InChI is InChI=1S/C29H60NO3P/c1-6-8-9-10-11-12-13-14-15-16-17-18-19-20-21-22-23-24-25-26-27-28-33-34(31,32)29(7-2)30(3,4)5/h6,8,29H,7,9-28H2,1-5H3/p+1. The largest absolute Gasteiger partial charge is 0.385 e. The van der Waals surface area contributed by atoms with Gasteiger partial charge in [0.05, 0.1) is 27.7 Å². The third kappa shape index (κ3) is 20.1. The first kappa shape index (κ1) is 33.8. The molecule has 1 N–H and O–H groups in total. The van der Waals surface area contributed by atoms with Gasteiger partial charge in [0.15, 0.2) is 5.78 Å². The highest BCUT2D eigenvalue weighted by Crippen LogP contribution is 2.51. The summed E-state index contributed by atoms with van der Waals surface area (Å²) in [5, 5.41) is 0. The van der Waals surface area contributed by atoms with Crippen molar-refractivity contribution < 1.29 is 18.5 Å². The van der Waals surface area contributed by atoms with Crippen LogP contribution in [0.2, 0.25) is 0 Å². The van der Waals surface area contributed by atoms with E-state index in [1.54, 1.807) is 0 Å². The summed E-state index contributed by atoms with van der Waals surface area (Å²) in [6.45, 7) is 4.47. The van der Waals surface area contributed by atoms with Crippen LogP contribution in [0.1, 0.15) is 142 Å². The second-order valence-electron chi connectivity index (χ2n) is 11.1. The topological polar surface area (TPSA) is 46.5 Å². The zero-order valence-corrected chi connectivity index (χ0v) is 24.6. The van der Waals surface area contributed by atoms with Gasteiger partial charge in [-0.1, -0.05) is 122 Å². The molecule has 0 saturated carbocycles. The first-order chi connectivity index (χ1) is 16.3. The third-order valence-corrected chi connectivity index (χ3v) is 9.28. The number of hydrogen-bond acceptors (Lipinski definition) is 2. The van der Waals surface area contributed by atoms with Gasteiger partial charge in [0.2, 0.25) is 0 Å².